The summed E-state index contributed by atoms with van der Waals surface area (Å²) in [6.07, 6.45) is 0.493. The molecule has 0 aliphatic rings. The van der Waals surface area contributed by atoms with Crippen LogP contribution >= 0.6 is 11.6 Å². The molecule has 0 saturated heterocycles. The molecule has 0 saturated carbocycles. The van der Waals surface area contributed by atoms with Crippen molar-refractivity contribution in [3.8, 4) is 0 Å². The van der Waals surface area contributed by atoms with Crippen LogP contribution in [0.2, 0.25) is 0 Å². The number of benzene rings is 1. The number of ketones is 1. The predicted molar refractivity (Wildman–Crippen MR) is 66.6 cm³/mol. The van der Waals surface area contributed by atoms with Gasteiger partial charge in [-0.25, -0.2) is 0 Å². The lowest BCUT2D eigenvalue weighted by molar-refractivity contribution is -0.139. The number of ether oxygens (including phenoxy) is 1. The summed E-state index contributed by atoms with van der Waals surface area (Å²) in [5, 5.41) is 0. The Balaban J connectivity index is 2.93. The van der Waals surface area contributed by atoms with Crippen molar-refractivity contribution in [3.05, 3.63) is 34.9 Å². The van der Waals surface area contributed by atoms with Gasteiger partial charge in [-0.2, -0.15) is 0 Å². The third kappa shape index (κ3) is 3.86. The summed E-state index contributed by atoms with van der Waals surface area (Å²) < 4.78 is 4.61. The molecule has 1 rings (SSSR count). The van der Waals surface area contributed by atoms with E-state index >= 15 is 0 Å². The van der Waals surface area contributed by atoms with Crippen molar-refractivity contribution in [1.29, 1.82) is 0 Å². The molecule has 0 bridgehead atoms. The van der Waals surface area contributed by atoms with Gasteiger partial charge in [0.2, 0.25) is 0 Å². The first-order valence-corrected chi connectivity index (χ1v) is 5.87. The van der Waals surface area contributed by atoms with Gasteiger partial charge in [0.05, 0.1) is 13.5 Å². The van der Waals surface area contributed by atoms with Crippen molar-refractivity contribution >= 4 is 23.4 Å². The number of hydrogen-bond donors (Lipinski definition) is 0. The van der Waals surface area contributed by atoms with Crippen molar-refractivity contribution in [2.75, 3.05) is 13.0 Å². The maximum Gasteiger partial charge on any atom is 0.309 e. The molecular formula is C13H15ClO3. The normalized spacial score (nSPS) is 10.1. The molecular weight excluding hydrogens is 240 g/mol. The van der Waals surface area contributed by atoms with Gasteiger partial charge >= 0.3 is 5.97 Å². The molecule has 0 amide bonds. The highest BCUT2D eigenvalue weighted by molar-refractivity contribution is 6.19. The monoisotopic (exact) mass is 254 g/mol. The van der Waals surface area contributed by atoms with Crippen LogP contribution < -0.4 is 0 Å². The SMILES string of the molecule is COC(=O)Cc1cc(C(=O)CCCl)ccc1C. The van der Waals surface area contributed by atoms with Gasteiger partial charge < -0.3 is 4.74 Å². The molecule has 0 N–H and O–H groups in total. The second kappa shape index (κ2) is 6.40. The van der Waals surface area contributed by atoms with Gasteiger partial charge in [0.25, 0.3) is 0 Å². The number of Topliss-reactive ketones (excluding diaryl/α,β-unsaturated/α-hetero) is 1. The number of esters is 1. The second-order valence-electron chi connectivity index (χ2n) is 3.76. The summed E-state index contributed by atoms with van der Waals surface area (Å²) in [7, 11) is 1.35. The quantitative estimate of drug-likeness (QED) is 0.461. The maximum absolute atomic E-state index is 11.7. The molecule has 17 heavy (non-hydrogen) atoms. The lowest BCUT2D eigenvalue weighted by Gasteiger charge is -2.07. The van der Waals surface area contributed by atoms with Crippen LogP contribution in [0.15, 0.2) is 18.2 Å². The molecule has 92 valence electrons. The Morgan fingerprint density at radius 2 is 2.06 bits per heavy atom. The van der Waals surface area contributed by atoms with Crippen LogP contribution in [0.4, 0.5) is 0 Å². The minimum Gasteiger partial charge on any atom is -0.469 e. The number of rotatable bonds is 5. The van der Waals surface area contributed by atoms with E-state index in [2.05, 4.69) is 4.74 Å². The largest absolute Gasteiger partial charge is 0.469 e. The fourth-order valence-corrected chi connectivity index (χ4v) is 1.66. The topological polar surface area (TPSA) is 43.4 Å². The van der Waals surface area contributed by atoms with Crippen molar-refractivity contribution in [2.45, 2.75) is 19.8 Å². The van der Waals surface area contributed by atoms with Gasteiger partial charge in [-0.05, 0) is 24.1 Å². The van der Waals surface area contributed by atoms with Gasteiger partial charge in [-0.3, -0.25) is 9.59 Å². The predicted octanol–water partition coefficient (Wildman–Crippen LogP) is 2.52. The molecule has 1 aromatic rings. The molecule has 0 atom stereocenters. The van der Waals surface area contributed by atoms with Crippen LogP contribution in [0.3, 0.4) is 0 Å². The summed E-state index contributed by atoms with van der Waals surface area (Å²) in [6.45, 7) is 1.90. The Labute approximate surface area is 106 Å². The fraction of sp³-hybridized carbons (Fsp3) is 0.385. The standard InChI is InChI=1S/C13H15ClO3/c1-9-3-4-10(12(15)5-6-14)7-11(9)8-13(16)17-2/h3-4,7H,5-6,8H2,1-2H3. The second-order valence-corrected chi connectivity index (χ2v) is 4.13. The van der Waals surface area contributed by atoms with Crippen molar-refractivity contribution < 1.29 is 14.3 Å². The number of aryl methyl sites for hydroxylation is 1. The summed E-state index contributed by atoms with van der Waals surface area (Å²) in [5.41, 5.74) is 2.38. The van der Waals surface area contributed by atoms with Crippen LogP contribution in [0, 0.1) is 6.92 Å². The minimum absolute atomic E-state index is 0.00823. The smallest absolute Gasteiger partial charge is 0.309 e. The van der Waals surface area contributed by atoms with Crippen LogP contribution in [0.5, 0.6) is 0 Å². The number of halogens is 1. The van der Waals surface area contributed by atoms with Crippen molar-refractivity contribution in [2.24, 2.45) is 0 Å². The summed E-state index contributed by atoms with van der Waals surface area (Å²) in [6, 6.07) is 5.33. The number of methoxy groups -OCH3 is 1. The fourth-order valence-electron chi connectivity index (χ4n) is 1.49. The van der Waals surface area contributed by atoms with Crippen LogP contribution in [-0.4, -0.2) is 24.7 Å². The summed E-state index contributed by atoms with van der Waals surface area (Å²) in [4.78, 5) is 22.9. The van der Waals surface area contributed by atoms with Crippen LogP contribution in [0.25, 0.3) is 0 Å². The third-order valence-electron chi connectivity index (χ3n) is 2.56. The Bertz CT molecular complexity index is 427. The minimum atomic E-state index is -0.310. The van der Waals surface area contributed by atoms with E-state index in [9.17, 15) is 9.59 Å². The molecule has 0 fully saturated rings. The average Bonchev–Trinajstić information content (AvgIpc) is 2.32. The van der Waals surface area contributed by atoms with Crippen LogP contribution in [-0.2, 0) is 16.0 Å². The van der Waals surface area contributed by atoms with E-state index in [0.717, 1.165) is 11.1 Å². The summed E-state index contributed by atoms with van der Waals surface area (Å²) >= 11 is 5.53. The Morgan fingerprint density at radius 1 is 1.35 bits per heavy atom. The Kier molecular flexibility index (Phi) is 5.16. The first-order chi connectivity index (χ1) is 8.08. The Hall–Kier alpha value is -1.35. The third-order valence-corrected chi connectivity index (χ3v) is 2.74. The number of alkyl halides is 1. The molecule has 0 spiro atoms. The lowest BCUT2D eigenvalue weighted by Crippen LogP contribution is -2.08. The number of hydrogen-bond acceptors (Lipinski definition) is 3. The zero-order valence-corrected chi connectivity index (χ0v) is 10.7. The number of carbonyl (C=O) groups is 2. The Morgan fingerprint density at radius 3 is 2.65 bits per heavy atom. The first-order valence-electron chi connectivity index (χ1n) is 5.34. The lowest BCUT2D eigenvalue weighted by atomic mass is 9.99. The number of carbonyl (C=O) groups excluding carboxylic acids is 2. The molecule has 3 nitrogen and oxygen atoms in total. The maximum atomic E-state index is 11.7. The molecule has 0 aliphatic heterocycles. The zero-order chi connectivity index (χ0) is 12.8. The van der Waals surface area contributed by atoms with E-state index in [-0.39, 0.29) is 18.2 Å². The highest BCUT2D eigenvalue weighted by Gasteiger charge is 2.10. The van der Waals surface area contributed by atoms with Crippen molar-refractivity contribution in [3.63, 3.8) is 0 Å². The molecule has 0 radical (unpaired) electrons. The van der Waals surface area contributed by atoms with Gasteiger partial charge in [0.1, 0.15) is 0 Å². The van der Waals surface area contributed by atoms with Crippen molar-refractivity contribution in [1.82, 2.24) is 0 Å². The van der Waals surface area contributed by atoms with E-state index in [1.807, 2.05) is 13.0 Å². The van der Waals surface area contributed by atoms with Gasteiger partial charge in [-0.1, -0.05) is 12.1 Å². The summed E-state index contributed by atoms with van der Waals surface area (Å²) in [5.74, 6) is -0.0138. The van der Waals surface area contributed by atoms with Crippen LogP contribution in [0.1, 0.15) is 27.9 Å². The van der Waals surface area contributed by atoms with Gasteiger partial charge in [0, 0.05) is 17.9 Å². The zero-order valence-electron chi connectivity index (χ0n) is 9.96. The molecule has 0 heterocycles. The van der Waals surface area contributed by atoms with E-state index in [1.54, 1.807) is 12.1 Å². The van der Waals surface area contributed by atoms with E-state index in [4.69, 9.17) is 11.6 Å². The average molecular weight is 255 g/mol. The molecule has 0 unspecified atom stereocenters. The molecule has 1 aromatic carbocycles. The molecule has 0 aliphatic carbocycles. The van der Waals surface area contributed by atoms with E-state index < -0.39 is 0 Å². The van der Waals surface area contributed by atoms with Gasteiger partial charge in [-0.15, -0.1) is 11.6 Å². The first kappa shape index (κ1) is 13.7. The highest BCUT2D eigenvalue weighted by atomic mass is 35.5. The molecule has 0 aromatic heterocycles. The molecule has 4 heteroatoms. The van der Waals surface area contributed by atoms with Gasteiger partial charge in [0.15, 0.2) is 5.78 Å². The van der Waals surface area contributed by atoms with E-state index in [1.165, 1.54) is 7.11 Å². The highest BCUT2D eigenvalue weighted by Crippen LogP contribution is 2.14. The van der Waals surface area contributed by atoms with E-state index in [0.29, 0.717) is 17.9 Å².